The lowest BCUT2D eigenvalue weighted by atomic mass is 9.93. The molecular weight excluding hydrogens is 1030 g/mol. The second kappa shape index (κ2) is 17.1. The van der Waals surface area contributed by atoms with Crippen LogP contribution < -0.4 is 0 Å². The van der Waals surface area contributed by atoms with E-state index in [0.29, 0.717) is 15.5 Å². The minimum atomic E-state index is -1.09. The van der Waals surface area contributed by atoms with Gasteiger partial charge in [0.15, 0.2) is 0 Å². The van der Waals surface area contributed by atoms with Crippen LogP contribution in [0.5, 0.6) is 0 Å². The Bertz CT molecular complexity index is 7600. The van der Waals surface area contributed by atoms with Crippen LogP contribution in [0.3, 0.4) is 0 Å². The number of rotatable bonds is 5. The van der Waals surface area contributed by atoms with Gasteiger partial charge in [-0.1, -0.05) is 200 Å². The predicted octanol–water partition coefficient (Wildman–Crippen LogP) is 20.8. The van der Waals surface area contributed by atoms with E-state index in [4.69, 9.17) is 8.22 Å². The molecule has 7 heteroatoms. The first kappa shape index (κ1) is 24.2. The molecule has 5 heterocycles. The van der Waals surface area contributed by atoms with Crippen molar-refractivity contribution in [2.24, 2.45) is 0 Å². The summed E-state index contributed by atoms with van der Waals surface area (Å²) in [6, 6.07) is -15.0. The van der Waals surface area contributed by atoms with Gasteiger partial charge in [-0.15, -0.1) is 11.3 Å². The van der Waals surface area contributed by atoms with Crippen LogP contribution in [0.25, 0.3) is 168 Å². The van der Waals surface area contributed by atoms with Crippen molar-refractivity contribution in [1.82, 2.24) is 18.3 Å². The SMILES string of the molecule is [2H]c1c([2H])c([2H])c2c(c1[2H])c([2H])c(-c1ccc3c4ccc5c6ccccc6sc5c4n(-c4c(-n5c6c([2H])c([2H])c([2H])c([2H])c6c6c([2H])c([2H])c([2H])c([2H])c65)c(C#N)c(-n5c6c([2H])c([2H])c([2H])c([2H])c6c6c([2H])c([2H])c([2H])c([2H])c65)c([N+]#[C-])c4-n4c5c([2H])c([2H])c([2H])c([2H])c5c5c([2H])c([2H])c([2H])c([2H])c54)c3c1)c1c([2H])c([2H])c([2H])c([2H])c12. The van der Waals surface area contributed by atoms with E-state index in [1.54, 1.807) is 36.4 Å². The van der Waals surface area contributed by atoms with Gasteiger partial charge >= 0.3 is 0 Å². The van der Waals surface area contributed by atoms with Crippen LogP contribution >= 0.6 is 11.3 Å². The number of hydrogen-bond acceptors (Lipinski definition) is 2. The van der Waals surface area contributed by atoms with Crippen molar-refractivity contribution < 1.29 is 45.2 Å². The van der Waals surface area contributed by atoms with E-state index in [1.165, 1.54) is 22.8 Å². The number of para-hydroxylation sites is 6. The highest BCUT2D eigenvalue weighted by atomic mass is 32.1. The fourth-order valence-corrected chi connectivity index (χ4v) is 13.3. The van der Waals surface area contributed by atoms with Gasteiger partial charge in [-0.25, -0.2) is 4.85 Å². The number of hydrogen-bond donors (Lipinski definition) is 0. The maximum atomic E-state index is 13.2. The summed E-state index contributed by atoms with van der Waals surface area (Å²) in [5.74, 6) is 0. The number of nitrogens with zero attached hydrogens (tertiary/aromatic N) is 6. The Morgan fingerprint density at radius 1 is 0.398 bits per heavy atom. The number of thiophene rings is 1. The van der Waals surface area contributed by atoms with E-state index in [9.17, 15) is 48.8 Å². The Labute approximate surface area is 524 Å². The average Bonchev–Trinajstić information content (AvgIpc) is 1.47. The van der Waals surface area contributed by atoms with Gasteiger partial charge in [-0.2, -0.15) is 5.26 Å². The Balaban J connectivity index is 1.26. The van der Waals surface area contributed by atoms with E-state index in [0.717, 1.165) is 25.0 Å². The van der Waals surface area contributed by atoms with E-state index in [2.05, 4.69) is 10.9 Å². The molecule has 5 aromatic heterocycles. The molecule has 0 aliphatic rings. The van der Waals surface area contributed by atoms with Crippen molar-refractivity contribution in [2.45, 2.75) is 0 Å². The second-order valence-electron chi connectivity index (χ2n) is 19.2. The molecule has 0 aliphatic heterocycles. The minimum Gasteiger partial charge on any atom is -0.318 e. The van der Waals surface area contributed by atoms with E-state index >= 15 is 0 Å². The molecule has 18 aromatic rings. The van der Waals surface area contributed by atoms with E-state index in [-0.39, 0.29) is 32.1 Å². The summed E-state index contributed by atoms with van der Waals surface area (Å²) in [7, 11) is 0. The molecule has 18 rings (SSSR count). The van der Waals surface area contributed by atoms with Gasteiger partial charge in [0.2, 0.25) is 5.69 Å². The maximum absolute atomic E-state index is 13.2. The lowest BCUT2D eigenvalue weighted by molar-refractivity contribution is 1.04. The van der Waals surface area contributed by atoms with Crippen LogP contribution in [0.15, 0.2) is 254 Å². The number of benzene rings is 13. The quantitative estimate of drug-likeness (QED) is 0.125. The van der Waals surface area contributed by atoms with E-state index < -0.39 is 326 Å². The summed E-state index contributed by atoms with van der Waals surface area (Å²) in [4.78, 5) is 4.25. The van der Waals surface area contributed by atoms with Gasteiger partial charge in [0.05, 0.1) is 129 Å². The largest absolute Gasteiger partial charge is 0.318 e. The third-order valence-electron chi connectivity index (χ3n) is 15.3. The molecule has 0 atom stereocenters. The molecule has 0 saturated heterocycles. The molecule has 0 N–H and O–H groups in total. The zero-order chi connectivity index (χ0) is 83.3. The van der Waals surface area contributed by atoms with Gasteiger partial charge in [-0.3, -0.25) is 0 Å². The molecule has 382 valence electrons. The van der Waals surface area contributed by atoms with Gasteiger partial charge in [0.25, 0.3) is 0 Å². The van der Waals surface area contributed by atoms with Crippen molar-refractivity contribution in [1.29, 1.82) is 5.26 Å². The molecule has 83 heavy (non-hydrogen) atoms. The second-order valence-corrected chi connectivity index (χ2v) is 20.2. The highest BCUT2D eigenvalue weighted by Gasteiger charge is 2.35. The molecule has 0 aliphatic carbocycles. The number of fused-ring (bicyclic) bond motifs is 19. The highest BCUT2D eigenvalue weighted by Crippen LogP contribution is 2.54. The molecular formula is C76H42N6S. The smallest absolute Gasteiger partial charge is 0.237 e. The van der Waals surface area contributed by atoms with Gasteiger partial charge < -0.3 is 18.3 Å². The summed E-state index contributed by atoms with van der Waals surface area (Å²) in [6.07, 6.45) is 0. The minimum absolute atomic E-state index is 0.0364. The van der Waals surface area contributed by atoms with Crippen molar-refractivity contribution in [2.75, 3.05) is 0 Å². The first-order valence-corrected chi connectivity index (χ1v) is 26.1. The van der Waals surface area contributed by atoms with Crippen LogP contribution in [-0.2, 0) is 0 Å². The Hall–Kier alpha value is -11.2. The Morgan fingerprint density at radius 2 is 0.855 bits per heavy atom. The zero-order valence-electron chi connectivity index (χ0n) is 74.8. The topological polar surface area (TPSA) is 47.9 Å². The first-order valence-electron chi connectivity index (χ1n) is 41.7. The third kappa shape index (κ3) is 6.13. The summed E-state index contributed by atoms with van der Waals surface area (Å²) < 4.78 is 320. The summed E-state index contributed by atoms with van der Waals surface area (Å²) >= 11 is 1.12. The van der Waals surface area contributed by atoms with E-state index in [1.807, 2.05) is 0 Å². The van der Waals surface area contributed by atoms with Crippen LogP contribution in [-0.4, -0.2) is 18.3 Å². The monoisotopic (exact) mass is 1100 g/mol. The summed E-state index contributed by atoms with van der Waals surface area (Å²) in [5, 5.41) is 8.45. The van der Waals surface area contributed by atoms with Crippen molar-refractivity contribution >= 4 is 146 Å². The Kier molecular flexibility index (Phi) is 5.01. The van der Waals surface area contributed by atoms with Crippen LogP contribution in [0.2, 0.25) is 0 Å². The Morgan fingerprint density at radius 3 is 1.41 bits per heavy atom. The predicted molar refractivity (Wildman–Crippen MR) is 348 cm³/mol. The standard InChI is InChI=1S/C76H42N6S/c1-78-70-71(79-62-31-13-6-24-50(62)51-25-7-14-32-63(51)79)61(44-77)72(80-64-33-15-8-26-52(64)53-27-9-16-34-65(53)80)75(74(70)81-66-35-17-10-28-54(66)55-29-11-18-36-67(55)81)82-68-43-46(60-42-45-20-2-3-21-47(45)48-22-4-5-23-49(48)60)38-39-56(68)58-40-41-59-57-30-12-19-37-69(57)83-76(59)73(58)82/h2-43H/i2D,3D,4D,5D,6D,7D,8D,9D,10D,11D,13D,14D,15D,16D,17D,18D,20D,21D,22D,23D,24D,25D,26D,27D,28D,29D,31D,32D,33D,34D,35D,36D,42D. The van der Waals surface area contributed by atoms with Crippen LogP contribution in [0.1, 0.15) is 50.8 Å². The molecule has 0 bridgehead atoms. The summed E-state index contributed by atoms with van der Waals surface area (Å²) in [5.41, 5.74) is -11.7. The molecule has 0 fully saturated rings. The fourth-order valence-electron chi connectivity index (χ4n) is 12.0. The van der Waals surface area contributed by atoms with Gasteiger partial charge in [0.1, 0.15) is 6.07 Å². The first-order chi connectivity index (χ1) is 54.9. The third-order valence-corrected chi connectivity index (χ3v) is 16.5. The lowest BCUT2D eigenvalue weighted by Crippen LogP contribution is -2.14. The van der Waals surface area contributed by atoms with Crippen LogP contribution in [0, 0.1) is 17.9 Å². The maximum Gasteiger partial charge on any atom is 0.237 e. The molecule has 13 aromatic carbocycles. The molecule has 0 amide bonds. The molecule has 0 radical (unpaired) electrons. The normalized spacial score (nSPS) is 17.6. The molecule has 0 unspecified atom stereocenters. The van der Waals surface area contributed by atoms with Crippen molar-refractivity contribution in [3.05, 3.63) is 271 Å². The summed E-state index contributed by atoms with van der Waals surface area (Å²) in [6.45, 7) is 10.1. The van der Waals surface area contributed by atoms with Crippen molar-refractivity contribution in [3.8, 4) is 39.9 Å². The fraction of sp³-hybridized carbons (Fsp3) is 0. The number of aromatic nitrogens is 4. The van der Waals surface area contributed by atoms with Crippen LogP contribution in [0.4, 0.5) is 5.69 Å². The molecule has 0 saturated carbocycles. The van der Waals surface area contributed by atoms with Gasteiger partial charge in [-0.05, 0) is 87.1 Å². The number of nitriles is 1. The average molecular weight is 1100 g/mol. The molecule has 6 nitrogen and oxygen atoms in total. The van der Waals surface area contributed by atoms with Crippen molar-refractivity contribution in [3.63, 3.8) is 0 Å². The van der Waals surface area contributed by atoms with Gasteiger partial charge in [0, 0.05) is 58.6 Å². The highest BCUT2D eigenvalue weighted by molar-refractivity contribution is 7.26. The lowest BCUT2D eigenvalue weighted by Gasteiger charge is -2.27. The molecule has 0 spiro atoms. The zero-order valence-corrected chi connectivity index (χ0v) is 42.6.